The van der Waals surface area contributed by atoms with Crippen LogP contribution in [0.4, 0.5) is 5.69 Å². The van der Waals surface area contributed by atoms with Crippen molar-refractivity contribution >= 4 is 16.5 Å². The SMILES string of the molecule is CC1CNC2(CCCC2)CN1c1cccc2ccncc12. The Morgan fingerprint density at radius 1 is 1.24 bits per heavy atom. The van der Waals surface area contributed by atoms with Crippen molar-refractivity contribution in [3.05, 3.63) is 36.7 Å². The second-order valence-electron chi connectivity index (χ2n) is 6.72. The molecule has 110 valence electrons. The molecular formula is C18H23N3. The number of nitrogens with one attached hydrogen (secondary N) is 1. The summed E-state index contributed by atoms with van der Waals surface area (Å²) >= 11 is 0. The fraction of sp³-hybridized carbons (Fsp3) is 0.500. The molecule has 0 radical (unpaired) electrons. The van der Waals surface area contributed by atoms with E-state index in [1.807, 2.05) is 12.4 Å². The lowest BCUT2D eigenvalue weighted by molar-refractivity contribution is 0.277. The number of rotatable bonds is 1. The molecule has 0 amide bonds. The predicted molar refractivity (Wildman–Crippen MR) is 87.8 cm³/mol. The summed E-state index contributed by atoms with van der Waals surface area (Å²) in [7, 11) is 0. The summed E-state index contributed by atoms with van der Waals surface area (Å²) in [6.07, 6.45) is 9.27. The van der Waals surface area contributed by atoms with Crippen molar-refractivity contribution in [3.63, 3.8) is 0 Å². The van der Waals surface area contributed by atoms with Crippen molar-refractivity contribution in [2.45, 2.75) is 44.2 Å². The molecule has 1 unspecified atom stereocenters. The smallest absolute Gasteiger partial charge is 0.0465 e. The van der Waals surface area contributed by atoms with Gasteiger partial charge in [0.2, 0.25) is 0 Å². The van der Waals surface area contributed by atoms with Crippen LogP contribution >= 0.6 is 0 Å². The Labute approximate surface area is 126 Å². The zero-order valence-electron chi connectivity index (χ0n) is 12.7. The van der Waals surface area contributed by atoms with Gasteiger partial charge in [0.15, 0.2) is 0 Å². The highest BCUT2D eigenvalue weighted by Crippen LogP contribution is 2.36. The van der Waals surface area contributed by atoms with Crippen LogP contribution in [0.2, 0.25) is 0 Å². The molecule has 0 bridgehead atoms. The zero-order valence-corrected chi connectivity index (χ0v) is 12.7. The van der Waals surface area contributed by atoms with E-state index < -0.39 is 0 Å². The highest BCUT2D eigenvalue weighted by Gasteiger charge is 2.40. The monoisotopic (exact) mass is 281 g/mol. The van der Waals surface area contributed by atoms with E-state index >= 15 is 0 Å². The van der Waals surface area contributed by atoms with Gasteiger partial charge in [-0.3, -0.25) is 4.98 Å². The Morgan fingerprint density at radius 2 is 2.10 bits per heavy atom. The molecule has 1 spiro atoms. The van der Waals surface area contributed by atoms with Crippen molar-refractivity contribution in [1.82, 2.24) is 10.3 Å². The minimum atomic E-state index is 0.344. The number of pyridine rings is 1. The van der Waals surface area contributed by atoms with Gasteiger partial charge >= 0.3 is 0 Å². The molecule has 3 heteroatoms. The van der Waals surface area contributed by atoms with Crippen molar-refractivity contribution in [2.24, 2.45) is 0 Å². The summed E-state index contributed by atoms with van der Waals surface area (Å²) in [6.45, 7) is 4.53. The van der Waals surface area contributed by atoms with Gasteiger partial charge < -0.3 is 10.2 Å². The molecule has 3 nitrogen and oxygen atoms in total. The highest BCUT2D eigenvalue weighted by molar-refractivity contribution is 5.93. The number of anilines is 1. The number of piperazine rings is 1. The first-order valence-electron chi connectivity index (χ1n) is 8.12. The third kappa shape index (κ3) is 2.20. The van der Waals surface area contributed by atoms with Crippen LogP contribution in [0.5, 0.6) is 0 Å². The third-order valence-electron chi connectivity index (χ3n) is 5.31. The molecule has 21 heavy (non-hydrogen) atoms. The number of benzene rings is 1. The first-order chi connectivity index (χ1) is 10.3. The number of hydrogen-bond acceptors (Lipinski definition) is 3. The maximum atomic E-state index is 4.34. The Morgan fingerprint density at radius 3 is 2.95 bits per heavy atom. The predicted octanol–water partition coefficient (Wildman–Crippen LogP) is 3.35. The summed E-state index contributed by atoms with van der Waals surface area (Å²) in [4.78, 5) is 6.94. The van der Waals surface area contributed by atoms with Gasteiger partial charge in [-0.1, -0.05) is 25.0 Å². The van der Waals surface area contributed by atoms with Crippen LogP contribution in [0, 0.1) is 0 Å². The summed E-state index contributed by atoms with van der Waals surface area (Å²) in [5.41, 5.74) is 1.69. The summed E-state index contributed by atoms with van der Waals surface area (Å²) in [5.74, 6) is 0. The molecule has 1 saturated heterocycles. The lowest BCUT2D eigenvalue weighted by atomic mass is 9.92. The molecule has 1 saturated carbocycles. The van der Waals surface area contributed by atoms with Crippen LogP contribution in [0.1, 0.15) is 32.6 Å². The molecule has 1 atom stereocenters. The van der Waals surface area contributed by atoms with E-state index in [0.717, 1.165) is 13.1 Å². The standard InChI is InChI=1S/C18H23N3/c1-14-11-20-18(8-2-3-9-18)13-21(14)17-6-4-5-15-7-10-19-12-16(15)17/h4-7,10,12,14,20H,2-3,8-9,11,13H2,1H3. The zero-order chi connectivity index (χ0) is 14.3. The topological polar surface area (TPSA) is 28.2 Å². The van der Waals surface area contributed by atoms with Gasteiger partial charge in [0.05, 0.1) is 0 Å². The van der Waals surface area contributed by atoms with E-state index in [-0.39, 0.29) is 0 Å². The number of aromatic nitrogens is 1. The molecule has 1 aromatic carbocycles. The van der Waals surface area contributed by atoms with E-state index in [1.165, 1.54) is 42.1 Å². The fourth-order valence-electron chi connectivity index (χ4n) is 4.07. The molecular weight excluding hydrogens is 258 g/mol. The largest absolute Gasteiger partial charge is 0.365 e. The van der Waals surface area contributed by atoms with E-state index in [9.17, 15) is 0 Å². The van der Waals surface area contributed by atoms with E-state index in [4.69, 9.17) is 0 Å². The Balaban J connectivity index is 1.75. The first kappa shape index (κ1) is 13.1. The molecule has 4 rings (SSSR count). The highest BCUT2D eigenvalue weighted by atomic mass is 15.3. The van der Waals surface area contributed by atoms with Crippen molar-refractivity contribution in [1.29, 1.82) is 0 Å². The van der Waals surface area contributed by atoms with Gasteiger partial charge in [-0.2, -0.15) is 0 Å². The van der Waals surface area contributed by atoms with E-state index in [1.54, 1.807) is 0 Å². The van der Waals surface area contributed by atoms with Crippen LogP contribution in [0.25, 0.3) is 10.8 Å². The second-order valence-corrected chi connectivity index (χ2v) is 6.72. The number of nitrogens with zero attached hydrogens (tertiary/aromatic N) is 2. The van der Waals surface area contributed by atoms with Crippen LogP contribution in [-0.2, 0) is 0 Å². The van der Waals surface area contributed by atoms with Gasteiger partial charge in [0.1, 0.15) is 0 Å². The van der Waals surface area contributed by atoms with Crippen molar-refractivity contribution < 1.29 is 0 Å². The molecule has 2 aliphatic rings. The first-order valence-corrected chi connectivity index (χ1v) is 8.12. The molecule has 2 aromatic rings. The van der Waals surface area contributed by atoms with Gasteiger partial charge in [-0.15, -0.1) is 0 Å². The second kappa shape index (κ2) is 4.99. The molecule has 1 aliphatic heterocycles. The molecule has 1 aliphatic carbocycles. The summed E-state index contributed by atoms with van der Waals surface area (Å²) in [6, 6.07) is 9.25. The van der Waals surface area contributed by atoms with Gasteiger partial charge in [-0.05, 0) is 37.3 Å². The van der Waals surface area contributed by atoms with E-state index in [0.29, 0.717) is 11.6 Å². The van der Waals surface area contributed by atoms with Gasteiger partial charge in [-0.25, -0.2) is 0 Å². The molecule has 1 N–H and O–H groups in total. The summed E-state index contributed by atoms with van der Waals surface area (Å²) < 4.78 is 0. The Kier molecular flexibility index (Phi) is 3.11. The maximum Gasteiger partial charge on any atom is 0.0465 e. The normalized spacial score (nSPS) is 24.8. The Hall–Kier alpha value is -1.61. The fourth-order valence-corrected chi connectivity index (χ4v) is 4.07. The lowest BCUT2D eigenvalue weighted by Crippen LogP contribution is -2.62. The lowest BCUT2D eigenvalue weighted by Gasteiger charge is -2.46. The quantitative estimate of drug-likeness (QED) is 0.869. The van der Waals surface area contributed by atoms with Crippen molar-refractivity contribution in [2.75, 3.05) is 18.0 Å². The van der Waals surface area contributed by atoms with Gasteiger partial charge in [0, 0.05) is 48.1 Å². The van der Waals surface area contributed by atoms with Crippen molar-refractivity contribution in [3.8, 4) is 0 Å². The minimum Gasteiger partial charge on any atom is -0.365 e. The Bertz CT molecular complexity index is 640. The van der Waals surface area contributed by atoms with Crippen LogP contribution < -0.4 is 10.2 Å². The summed E-state index contributed by atoms with van der Waals surface area (Å²) in [5, 5.41) is 6.40. The van der Waals surface area contributed by atoms with Crippen LogP contribution in [0.15, 0.2) is 36.7 Å². The molecule has 1 aromatic heterocycles. The molecule has 2 heterocycles. The molecule has 2 fully saturated rings. The van der Waals surface area contributed by atoms with E-state index in [2.05, 4.69) is 46.4 Å². The minimum absolute atomic E-state index is 0.344. The third-order valence-corrected chi connectivity index (χ3v) is 5.31. The van der Waals surface area contributed by atoms with Crippen LogP contribution in [0.3, 0.4) is 0 Å². The average Bonchev–Trinajstić information content (AvgIpc) is 2.98. The average molecular weight is 281 g/mol. The maximum absolute atomic E-state index is 4.34. The van der Waals surface area contributed by atoms with Crippen LogP contribution in [-0.4, -0.2) is 29.7 Å². The number of fused-ring (bicyclic) bond motifs is 1. The number of hydrogen-bond donors (Lipinski definition) is 1. The van der Waals surface area contributed by atoms with Gasteiger partial charge in [0.25, 0.3) is 0 Å².